The van der Waals surface area contributed by atoms with Gasteiger partial charge in [-0.25, -0.2) is 0 Å². The van der Waals surface area contributed by atoms with E-state index in [4.69, 9.17) is 20.7 Å². The summed E-state index contributed by atoms with van der Waals surface area (Å²) in [6.45, 7) is -0.207. The molecule has 0 radical (unpaired) electrons. The second kappa shape index (κ2) is 3.46. The predicted octanol–water partition coefficient (Wildman–Crippen LogP) is -2.23. The highest BCUT2D eigenvalue weighted by molar-refractivity contribution is 4.82. The number of hydrogen-bond acceptors (Lipinski definition) is 5. The van der Waals surface area contributed by atoms with Crippen molar-refractivity contribution in [1.29, 1.82) is 0 Å². The lowest BCUT2D eigenvalue weighted by Crippen LogP contribution is -2.53. The van der Waals surface area contributed by atoms with E-state index in [0.29, 0.717) is 0 Å². The molecule has 0 amide bonds. The van der Waals surface area contributed by atoms with Gasteiger partial charge in [-0.15, -0.1) is 0 Å². The molecule has 0 aromatic carbocycles. The van der Waals surface area contributed by atoms with Crippen LogP contribution in [0.15, 0.2) is 0 Å². The molecule has 5 N–H and O–H groups in total. The molecule has 1 heterocycles. The van der Waals surface area contributed by atoms with E-state index in [9.17, 15) is 5.11 Å². The maximum atomic E-state index is 9.17. The van der Waals surface area contributed by atoms with Gasteiger partial charge >= 0.3 is 0 Å². The van der Waals surface area contributed by atoms with Crippen molar-refractivity contribution in [2.45, 2.75) is 31.0 Å². The van der Waals surface area contributed by atoms with E-state index in [0.717, 1.165) is 0 Å². The first-order valence-electron chi connectivity index (χ1n) is 3.53. The summed E-state index contributed by atoms with van der Waals surface area (Å²) in [5.74, 6) is 0. The van der Waals surface area contributed by atoms with Crippen molar-refractivity contribution in [3.63, 3.8) is 0 Å². The van der Waals surface area contributed by atoms with Crippen molar-refractivity contribution >= 4 is 0 Å². The van der Waals surface area contributed by atoms with E-state index >= 15 is 0 Å². The Labute approximate surface area is 64.4 Å². The van der Waals surface area contributed by atoms with Crippen molar-refractivity contribution < 1.29 is 20.1 Å². The molecule has 5 nitrogen and oxygen atoms in total. The van der Waals surface area contributed by atoms with Gasteiger partial charge in [0, 0.05) is 6.42 Å². The van der Waals surface area contributed by atoms with Crippen LogP contribution >= 0.6 is 0 Å². The van der Waals surface area contributed by atoms with Crippen LogP contribution in [0.5, 0.6) is 0 Å². The van der Waals surface area contributed by atoms with Crippen LogP contribution < -0.4 is 5.73 Å². The average molecular weight is 163 g/mol. The van der Waals surface area contributed by atoms with Crippen molar-refractivity contribution in [1.82, 2.24) is 0 Å². The van der Waals surface area contributed by atoms with Gasteiger partial charge in [0.05, 0.1) is 24.9 Å². The summed E-state index contributed by atoms with van der Waals surface area (Å²) in [6, 6.07) is -0.766. The molecule has 4 atom stereocenters. The van der Waals surface area contributed by atoms with Crippen molar-refractivity contribution in [3.8, 4) is 0 Å². The first-order valence-corrected chi connectivity index (χ1v) is 3.53. The molecular formula is C6H13NO4. The highest BCUT2D eigenvalue weighted by Crippen LogP contribution is 2.16. The molecule has 1 fully saturated rings. The lowest BCUT2D eigenvalue weighted by atomic mass is 10.0. The molecule has 1 saturated heterocycles. The summed E-state index contributed by atoms with van der Waals surface area (Å²) in [4.78, 5) is 0. The summed E-state index contributed by atoms with van der Waals surface area (Å²) in [5.41, 5.74) is 5.33. The third-order valence-corrected chi connectivity index (χ3v) is 1.81. The number of aliphatic hydroxyl groups is 3. The molecule has 1 aliphatic rings. The van der Waals surface area contributed by atoms with E-state index in [-0.39, 0.29) is 13.0 Å². The SMILES string of the molecule is N[C@H]1C(O)O[C@H](CO)C[C@@H]1O. The zero-order valence-corrected chi connectivity index (χ0v) is 6.05. The van der Waals surface area contributed by atoms with Gasteiger partial charge in [-0.2, -0.15) is 0 Å². The van der Waals surface area contributed by atoms with E-state index in [1.165, 1.54) is 0 Å². The average Bonchev–Trinajstić information content (AvgIpc) is 1.99. The Morgan fingerprint density at radius 1 is 1.45 bits per heavy atom. The Balaban J connectivity index is 2.47. The zero-order valence-electron chi connectivity index (χ0n) is 6.05. The fraction of sp³-hybridized carbons (Fsp3) is 1.00. The molecule has 11 heavy (non-hydrogen) atoms. The van der Waals surface area contributed by atoms with Crippen LogP contribution in [0.1, 0.15) is 6.42 Å². The van der Waals surface area contributed by atoms with Crippen LogP contribution in [0.2, 0.25) is 0 Å². The molecule has 0 aromatic rings. The van der Waals surface area contributed by atoms with E-state index in [1.807, 2.05) is 0 Å². The fourth-order valence-corrected chi connectivity index (χ4v) is 1.08. The highest BCUT2D eigenvalue weighted by Gasteiger charge is 2.33. The first-order chi connectivity index (χ1) is 5.15. The number of aliphatic hydroxyl groups excluding tert-OH is 3. The monoisotopic (exact) mass is 163 g/mol. The second-order valence-electron chi connectivity index (χ2n) is 2.71. The van der Waals surface area contributed by atoms with Gasteiger partial charge in [-0.3, -0.25) is 0 Å². The predicted molar refractivity (Wildman–Crippen MR) is 36.6 cm³/mol. The Kier molecular flexibility index (Phi) is 2.80. The largest absolute Gasteiger partial charge is 0.394 e. The molecule has 0 saturated carbocycles. The Morgan fingerprint density at radius 2 is 2.09 bits per heavy atom. The summed E-state index contributed by atoms with van der Waals surface area (Å²) in [6.07, 6.45) is -2.19. The smallest absolute Gasteiger partial charge is 0.172 e. The van der Waals surface area contributed by atoms with Crippen LogP contribution in [-0.2, 0) is 4.74 Å². The number of ether oxygens (including phenoxy) is 1. The minimum absolute atomic E-state index is 0.207. The van der Waals surface area contributed by atoms with E-state index in [1.54, 1.807) is 0 Å². The third-order valence-electron chi connectivity index (χ3n) is 1.81. The quantitative estimate of drug-likeness (QED) is 0.351. The van der Waals surface area contributed by atoms with Crippen molar-refractivity contribution in [3.05, 3.63) is 0 Å². The van der Waals surface area contributed by atoms with Crippen LogP contribution in [-0.4, -0.2) is 46.5 Å². The van der Waals surface area contributed by atoms with Gasteiger partial charge < -0.3 is 25.8 Å². The van der Waals surface area contributed by atoms with Gasteiger partial charge in [0.15, 0.2) is 6.29 Å². The molecule has 0 aliphatic carbocycles. The zero-order chi connectivity index (χ0) is 8.43. The topological polar surface area (TPSA) is 95.9 Å². The normalized spacial score (nSPS) is 45.8. The molecule has 1 unspecified atom stereocenters. The summed E-state index contributed by atoms with van der Waals surface area (Å²) < 4.78 is 4.84. The Bertz CT molecular complexity index is 120. The maximum Gasteiger partial charge on any atom is 0.172 e. The molecule has 66 valence electrons. The lowest BCUT2D eigenvalue weighted by Gasteiger charge is -2.34. The standard InChI is InChI=1S/C6H13NO4/c7-5-4(9)1-3(2-8)11-6(5)10/h3-6,8-10H,1-2,7H2/t3-,4-,5+,6?/m0/s1. The molecule has 1 rings (SSSR count). The van der Waals surface area contributed by atoms with Crippen molar-refractivity contribution in [2.24, 2.45) is 5.73 Å². The third kappa shape index (κ3) is 1.88. The van der Waals surface area contributed by atoms with Crippen LogP contribution in [0.3, 0.4) is 0 Å². The second-order valence-corrected chi connectivity index (χ2v) is 2.71. The van der Waals surface area contributed by atoms with Crippen LogP contribution in [0, 0.1) is 0 Å². The molecule has 5 heteroatoms. The van der Waals surface area contributed by atoms with Gasteiger partial charge in [-0.1, -0.05) is 0 Å². The summed E-state index contributed by atoms with van der Waals surface area (Å²) >= 11 is 0. The van der Waals surface area contributed by atoms with Gasteiger partial charge in [-0.05, 0) is 0 Å². The fourth-order valence-electron chi connectivity index (χ4n) is 1.08. The van der Waals surface area contributed by atoms with E-state index in [2.05, 4.69) is 0 Å². The Morgan fingerprint density at radius 3 is 2.55 bits per heavy atom. The van der Waals surface area contributed by atoms with Gasteiger partial charge in [0.1, 0.15) is 0 Å². The maximum absolute atomic E-state index is 9.17. The molecule has 0 aromatic heterocycles. The lowest BCUT2D eigenvalue weighted by molar-refractivity contribution is -0.207. The summed E-state index contributed by atoms with van der Waals surface area (Å²) in [7, 11) is 0. The van der Waals surface area contributed by atoms with Gasteiger partial charge in [0.2, 0.25) is 0 Å². The highest BCUT2D eigenvalue weighted by atomic mass is 16.6. The molecule has 0 spiro atoms. The van der Waals surface area contributed by atoms with Crippen LogP contribution in [0.4, 0.5) is 0 Å². The van der Waals surface area contributed by atoms with Crippen molar-refractivity contribution in [2.75, 3.05) is 6.61 Å². The number of nitrogens with two attached hydrogens (primary N) is 1. The number of hydrogen-bond donors (Lipinski definition) is 4. The molecule has 1 aliphatic heterocycles. The number of rotatable bonds is 1. The Hall–Kier alpha value is -0.200. The van der Waals surface area contributed by atoms with E-state index < -0.39 is 24.5 Å². The minimum atomic E-state index is -1.17. The molecular weight excluding hydrogens is 150 g/mol. The minimum Gasteiger partial charge on any atom is -0.394 e. The van der Waals surface area contributed by atoms with Gasteiger partial charge in [0.25, 0.3) is 0 Å². The molecule has 0 bridgehead atoms. The van der Waals surface area contributed by atoms with Crippen LogP contribution in [0.25, 0.3) is 0 Å². The first kappa shape index (κ1) is 8.89. The summed E-state index contributed by atoms with van der Waals surface area (Å²) in [5, 5.41) is 26.8.